The molecule has 7 heteroatoms. The number of nitrogens with one attached hydrogen (secondary N) is 2. The van der Waals surface area contributed by atoms with Crippen LogP contribution in [0.5, 0.6) is 11.5 Å². The lowest BCUT2D eigenvalue weighted by Crippen LogP contribution is -2.49. The third kappa shape index (κ3) is 5.41. The molecular formula is C19H23N3O4. The van der Waals surface area contributed by atoms with Gasteiger partial charge in [0.05, 0.1) is 14.2 Å². The average molecular weight is 357 g/mol. The van der Waals surface area contributed by atoms with Gasteiger partial charge < -0.3 is 25.8 Å². The fraction of sp³-hybridized carbons (Fsp3) is 0.263. The molecule has 1 atom stereocenters. The van der Waals surface area contributed by atoms with Gasteiger partial charge >= 0.3 is 6.03 Å². The van der Waals surface area contributed by atoms with Gasteiger partial charge in [-0.1, -0.05) is 36.4 Å². The molecular weight excluding hydrogens is 334 g/mol. The summed E-state index contributed by atoms with van der Waals surface area (Å²) < 4.78 is 10.4. The van der Waals surface area contributed by atoms with Gasteiger partial charge in [-0.3, -0.25) is 4.79 Å². The van der Waals surface area contributed by atoms with Gasteiger partial charge in [0.2, 0.25) is 5.91 Å². The van der Waals surface area contributed by atoms with E-state index in [0.717, 1.165) is 11.1 Å². The summed E-state index contributed by atoms with van der Waals surface area (Å²) in [7, 11) is 3.11. The van der Waals surface area contributed by atoms with Crippen molar-refractivity contribution in [1.29, 1.82) is 0 Å². The summed E-state index contributed by atoms with van der Waals surface area (Å²) >= 11 is 0. The van der Waals surface area contributed by atoms with E-state index in [1.807, 2.05) is 36.4 Å². The van der Waals surface area contributed by atoms with Crippen molar-refractivity contribution in [2.75, 3.05) is 14.2 Å². The largest absolute Gasteiger partial charge is 0.493 e. The maximum atomic E-state index is 12.5. The minimum absolute atomic E-state index is 0.283. The monoisotopic (exact) mass is 357 g/mol. The zero-order chi connectivity index (χ0) is 18.9. The molecule has 0 aliphatic heterocycles. The van der Waals surface area contributed by atoms with Gasteiger partial charge in [0.25, 0.3) is 0 Å². The molecule has 0 saturated heterocycles. The van der Waals surface area contributed by atoms with E-state index in [0.29, 0.717) is 17.9 Å². The fourth-order valence-electron chi connectivity index (χ4n) is 2.53. The van der Waals surface area contributed by atoms with Gasteiger partial charge in [0.15, 0.2) is 11.5 Å². The Labute approximate surface area is 152 Å². The molecule has 2 rings (SSSR count). The molecule has 0 bridgehead atoms. The summed E-state index contributed by atoms with van der Waals surface area (Å²) in [6, 6.07) is 13.3. The molecule has 26 heavy (non-hydrogen) atoms. The molecule has 0 saturated carbocycles. The normalized spacial score (nSPS) is 11.3. The third-order valence-corrected chi connectivity index (χ3v) is 3.83. The zero-order valence-corrected chi connectivity index (χ0v) is 14.8. The van der Waals surface area contributed by atoms with E-state index in [9.17, 15) is 9.59 Å². The summed E-state index contributed by atoms with van der Waals surface area (Å²) in [5, 5.41) is 5.30. The van der Waals surface area contributed by atoms with E-state index in [-0.39, 0.29) is 12.5 Å². The minimum Gasteiger partial charge on any atom is -0.493 e. The van der Waals surface area contributed by atoms with Gasteiger partial charge in [-0.2, -0.15) is 0 Å². The van der Waals surface area contributed by atoms with E-state index in [1.165, 1.54) is 0 Å². The molecule has 2 aromatic rings. The van der Waals surface area contributed by atoms with Crippen molar-refractivity contribution in [2.24, 2.45) is 5.73 Å². The lowest BCUT2D eigenvalue weighted by molar-refractivity contribution is -0.123. The summed E-state index contributed by atoms with van der Waals surface area (Å²) in [6.45, 7) is 0.283. The van der Waals surface area contributed by atoms with Crippen molar-refractivity contribution in [3.63, 3.8) is 0 Å². The third-order valence-electron chi connectivity index (χ3n) is 3.83. The average Bonchev–Trinajstić information content (AvgIpc) is 2.65. The number of ether oxygens (including phenoxy) is 2. The van der Waals surface area contributed by atoms with Crippen molar-refractivity contribution >= 4 is 11.9 Å². The van der Waals surface area contributed by atoms with Crippen molar-refractivity contribution in [3.05, 3.63) is 59.7 Å². The summed E-state index contributed by atoms with van der Waals surface area (Å²) in [6.07, 6.45) is 0.349. The highest BCUT2D eigenvalue weighted by molar-refractivity contribution is 5.86. The van der Waals surface area contributed by atoms with E-state index >= 15 is 0 Å². The second-order valence-corrected chi connectivity index (χ2v) is 5.66. The van der Waals surface area contributed by atoms with Gasteiger partial charge in [-0.05, 0) is 23.3 Å². The lowest BCUT2D eigenvalue weighted by Gasteiger charge is -2.18. The van der Waals surface area contributed by atoms with Gasteiger partial charge in [0, 0.05) is 13.0 Å². The van der Waals surface area contributed by atoms with Gasteiger partial charge in [0.1, 0.15) is 6.04 Å². The number of hydrogen-bond donors (Lipinski definition) is 3. The number of amides is 3. The first kappa shape index (κ1) is 19.1. The van der Waals surface area contributed by atoms with Crippen LogP contribution in [-0.2, 0) is 17.8 Å². The Balaban J connectivity index is 2.03. The number of rotatable bonds is 8. The first-order chi connectivity index (χ1) is 12.5. The van der Waals surface area contributed by atoms with E-state index in [4.69, 9.17) is 15.2 Å². The highest BCUT2D eigenvalue weighted by atomic mass is 16.5. The van der Waals surface area contributed by atoms with Gasteiger partial charge in [-0.15, -0.1) is 0 Å². The Morgan fingerprint density at radius 3 is 2.31 bits per heavy atom. The number of primary amides is 1. The highest BCUT2D eigenvalue weighted by Gasteiger charge is 2.20. The zero-order valence-electron chi connectivity index (χ0n) is 14.8. The molecule has 0 aromatic heterocycles. The Bertz CT molecular complexity index is 750. The number of hydrogen-bond acceptors (Lipinski definition) is 4. The molecule has 0 heterocycles. The van der Waals surface area contributed by atoms with Crippen molar-refractivity contribution in [3.8, 4) is 11.5 Å². The number of nitrogens with two attached hydrogens (primary N) is 1. The number of carbonyl (C=O) groups excluding carboxylic acids is 2. The van der Waals surface area contributed by atoms with Crippen LogP contribution in [0.15, 0.2) is 48.5 Å². The predicted molar refractivity (Wildman–Crippen MR) is 98.0 cm³/mol. The van der Waals surface area contributed by atoms with Crippen LogP contribution in [0.3, 0.4) is 0 Å². The number of benzene rings is 2. The van der Waals surface area contributed by atoms with Crippen LogP contribution >= 0.6 is 0 Å². The quantitative estimate of drug-likeness (QED) is 0.668. The molecule has 138 valence electrons. The lowest BCUT2D eigenvalue weighted by atomic mass is 10.1. The van der Waals surface area contributed by atoms with E-state index < -0.39 is 12.1 Å². The Kier molecular flexibility index (Phi) is 6.84. The smallest absolute Gasteiger partial charge is 0.312 e. The van der Waals surface area contributed by atoms with Crippen LogP contribution < -0.4 is 25.8 Å². The number of urea groups is 1. The van der Waals surface area contributed by atoms with Gasteiger partial charge in [-0.25, -0.2) is 4.79 Å². The van der Waals surface area contributed by atoms with Crippen LogP contribution in [0.2, 0.25) is 0 Å². The van der Waals surface area contributed by atoms with Crippen molar-refractivity contribution < 1.29 is 19.1 Å². The fourth-order valence-corrected chi connectivity index (χ4v) is 2.53. The highest BCUT2D eigenvalue weighted by Crippen LogP contribution is 2.27. The topological polar surface area (TPSA) is 103 Å². The first-order valence-electron chi connectivity index (χ1n) is 8.12. The summed E-state index contributed by atoms with van der Waals surface area (Å²) in [5.74, 6) is 0.873. The molecule has 0 fully saturated rings. The Morgan fingerprint density at radius 2 is 1.69 bits per heavy atom. The second-order valence-electron chi connectivity index (χ2n) is 5.66. The maximum absolute atomic E-state index is 12.5. The SMILES string of the molecule is COc1ccc(CNC(=O)[C@H](Cc2ccccc2)NC(N)=O)cc1OC. The number of methoxy groups -OCH3 is 2. The number of carbonyl (C=O) groups is 2. The molecule has 0 aliphatic rings. The molecule has 4 N–H and O–H groups in total. The van der Waals surface area contributed by atoms with Crippen LogP contribution in [0.1, 0.15) is 11.1 Å². The van der Waals surface area contributed by atoms with Crippen LogP contribution in [0.25, 0.3) is 0 Å². The van der Waals surface area contributed by atoms with Crippen LogP contribution in [-0.4, -0.2) is 32.2 Å². The molecule has 0 aliphatic carbocycles. The van der Waals surface area contributed by atoms with Crippen molar-refractivity contribution in [2.45, 2.75) is 19.0 Å². The van der Waals surface area contributed by atoms with Crippen molar-refractivity contribution in [1.82, 2.24) is 10.6 Å². The maximum Gasteiger partial charge on any atom is 0.312 e. The molecule has 2 aromatic carbocycles. The Hall–Kier alpha value is -3.22. The molecule has 0 spiro atoms. The van der Waals surface area contributed by atoms with Crippen LogP contribution in [0, 0.1) is 0 Å². The van der Waals surface area contributed by atoms with E-state index in [1.54, 1.807) is 26.4 Å². The molecule has 0 unspecified atom stereocenters. The van der Waals surface area contributed by atoms with E-state index in [2.05, 4.69) is 10.6 Å². The summed E-state index contributed by atoms with van der Waals surface area (Å²) in [5.41, 5.74) is 6.97. The Morgan fingerprint density at radius 1 is 1.00 bits per heavy atom. The van der Waals surface area contributed by atoms with Crippen LogP contribution in [0.4, 0.5) is 4.79 Å². The minimum atomic E-state index is -0.755. The summed E-state index contributed by atoms with van der Waals surface area (Å²) in [4.78, 5) is 23.7. The molecule has 0 radical (unpaired) electrons. The molecule has 7 nitrogen and oxygen atoms in total. The predicted octanol–water partition coefficient (Wildman–Crippen LogP) is 1.60. The first-order valence-corrected chi connectivity index (χ1v) is 8.12. The standard InChI is InChI=1S/C19H23N3O4/c1-25-16-9-8-14(11-17(16)26-2)12-21-18(23)15(22-19(20)24)10-13-6-4-3-5-7-13/h3-9,11,15H,10,12H2,1-2H3,(H,21,23)(H3,20,22,24)/t15-/m0/s1. The molecule has 3 amide bonds. The second kappa shape index (κ2) is 9.31.